The SMILES string of the molecule is CN1CCN(c2ncccc2CNC(=O)/C=C\c2ccsc2)CC1. The summed E-state index contributed by atoms with van der Waals surface area (Å²) < 4.78 is 0. The number of carbonyl (C=O) groups is 1. The Hall–Kier alpha value is -2.18. The van der Waals surface area contributed by atoms with Gasteiger partial charge in [0.05, 0.1) is 0 Å². The number of nitrogens with zero attached hydrogens (tertiary/aromatic N) is 3. The third kappa shape index (κ3) is 4.43. The molecule has 0 atom stereocenters. The van der Waals surface area contributed by atoms with Crippen LogP contribution >= 0.6 is 11.3 Å². The normalized spacial score (nSPS) is 15.8. The van der Waals surface area contributed by atoms with E-state index in [0.29, 0.717) is 6.54 Å². The van der Waals surface area contributed by atoms with Crippen LogP contribution in [0.4, 0.5) is 5.82 Å². The minimum absolute atomic E-state index is 0.0885. The highest BCUT2D eigenvalue weighted by molar-refractivity contribution is 7.08. The maximum atomic E-state index is 12.0. The second-order valence-electron chi connectivity index (χ2n) is 5.88. The van der Waals surface area contributed by atoms with Crippen molar-refractivity contribution >= 4 is 29.1 Å². The van der Waals surface area contributed by atoms with Gasteiger partial charge in [0.1, 0.15) is 5.82 Å². The van der Waals surface area contributed by atoms with Gasteiger partial charge >= 0.3 is 0 Å². The first-order chi connectivity index (χ1) is 11.7. The van der Waals surface area contributed by atoms with E-state index in [1.165, 1.54) is 0 Å². The van der Waals surface area contributed by atoms with Crippen molar-refractivity contribution in [3.63, 3.8) is 0 Å². The number of aromatic nitrogens is 1. The number of pyridine rings is 1. The molecule has 3 rings (SSSR count). The van der Waals surface area contributed by atoms with E-state index in [2.05, 4.69) is 27.1 Å². The Balaban J connectivity index is 1.60. The van der Waals surface area contributed by atoms with Gasteiger partial charge in [0.15, 0.2) is 0 Å². The predicted molar refractivity (Wildman–Crippen MR) is 99.1 cm³/mol. The number of carbonyl (C=O) groups excluding carboxylic acids is 1. The van der Waals surface area contributed by atoms with Crippen LogP contribution in [0, 0.1) is 0 Å². The fourth-order valence-corrected chi connectivity index (χ4v) is 3.28. The molecule has 3 heterocycles. The van der Waals surface area contributed by atoms with Crippen LogP contribution in [0.15, 0.2) is 41.2 Å². The summed E-state index contributed by atoms with van der Waals surface area (Å²) >= 11 is 1.62. The van der Waals surface area contributed by atoms with Gasteiger partial charge in [0, 0.05) is 50.6 Å². The highest BCUT2D eigenvalue weighted by atomic mass is 32.1. The number of thiophene rings is 1. The van der Waals surface area contributed by atoms with E-state index in [1.54, 1.807) is 17.4 Å². The fourth-order valence-electron chi connectivity index (χ4n) is 2.65. The number of amides is 1. The first kappa shape index (κ1) is 16.7. The monoisotopic (exact) mass is 342 g/mol. The molecule has 0 spiro atoms. The molecule has 5 nitrogen and oxygen atoms in total. The topological polar surface area (TPSA) is 48.5 Å². The smallest absolute Gasteiger partial charge is 0.244 e. The van der Waals surface area contributed by atoms with Crippen molar-refractivity contribution in [1.82, 2.24) is 15.2 Å². The van der Waals surface area contributed by atoms with E-state index >= 15 is 0 Å². The van der Waals surface area contributed by atoms with E-state index in [9.17, 15) is 4.79 Å². The maximum absolute atomic E-state index is 12.0. The quantitative estimate of drug-likeness (QED) is 0.847. The Morgan fingerprint density at radius 3 is 2.92 bits per heavy atom. The van der Waals surface area contributed by atoms with Gasteiger partial charge in [0.2, 0.25) is 5.91 Å². The zero-order chi connectivity index (χ0) is 16.8. The van der Waals surface area contributed by atoms with Gasteiger partial charge < -0.3 is 15.1 Å². The summed E-state index contributed by atoms with van der Waals surface area (Å²) in [6.07, 6.45) is 5.22. The molecule has 6 heteroatoms. The van der Waals surface area contributed by atoms with E-state index in [0.717, 1.165) is 43.1 Å². The second kappa shape index (κ2) is 8.08. The Morgan fingerprint density at radius 2 is 2.17 bits per heavy atom. The number of nitrogens with one attached hydrogen (secondary N) is 1. The molecule has 1 aliphatic rings. The minimum atomic E-state index is -0.0885. The molecule has 1 saturated heterocycles. The van der Waals surface area contributed by atoms with Crippen molar-refractivity contribution in [1.29, 1.82) is 0 Å². The number of likely N-dealkylation sites (N-methyl/N-ethyl adjacent to an activating group) is 1. The molecule has 2 aromatic heterocycles. The highest BCUT2D eigenvalue weighted by Crippen LogP contribution is 2.18. The van der Waals surface area contributed by atoms with Gasteiger partial charge in [0.25, 0.3) is 0 Å². The molecule has 0 unspecified atom stereocenters. The number of anilines is 1. The van der Waals surface area contributed by atoms with Gasteiger partial charge in [-0.05, 0) is 41.6 Å². The lowest BCUT2D eigenvalue weighted by Crippen LogP contribution is -2.45. The third-order valence-electron chi connectivity index (χ3n) is 4.09. The van der Waals surface area contributed by atoms with Crippen LogP contribution < -0.4 is 10.2 Å². The van der Waals surface area contributed by atoms with E-state index in [-0.39, 0.29) is 5.91 Å². The van der Waals surface area contributed by atoms with Crippen LogP contribution in [-0.4, -0.2) is 49.0 Å². The second-order valence-corrected chi connectivity index (χ2v) is 6.66. The Bertz CT molecular complexity index is 691. The summed E-state index contributed by atoms with van der Waals surface area (Å²) in [4.78, 5) is 21.1. The maximum Gasteiger partial charge on any atom is 0.244 e. The average Bonchev–Trinajstić information content (AvgIpc) is 3.13. The van der Waals surface area contributed by atoms with Gasteiger partial charge in [-0.2, -0.15) is 11.3 Å². The summed E-state index contributed by atoms with van der Waals surface area (Å²) in [6.45, 7) is 4.48. The first-order valence-electron chi connectivity index (χ1n) is 8.08. The molecule has 1 amide bonds. The van der Waals surface area contributed by atoms with Crippen molar-refractivity contribution in [2.45, 2.75) is 6.54 Å². The van der Waals surface area contributed by atoms with Crippen molar-refractivity contribution in [2.24, 2.45) is 0 Å². The van der Waals surface area contributed by atoms with Crippen LogP contribution in [0.2, 0.25) is 0 Å². The van der Waals surface area contributed by atoms with Gasteiger partial charge in [-0.1, -0.05) is 6.07 Å². The molecule has 24 heavy (non-hydrogen) atoms. The lowest BCUT2D eigenvalue weighted by molar-refractivity contribution is -0.116. The minimum Gasteiger partial charge on any atom is -0.354 e. The zero-order valence-corrected chi connectivity index (χ0v) is 14.6. The summed E-state index contributed by atoms with van der Waals surface area (Å²) in [5.74, 6) is 0.891. The molecule has 126 valence electrons. The number of hydrogen-bond donors (Lipinski definition) is 1. The standard InChI is InChI=1S/C18H22N4OS/c1-21-8-10-22(11-9-21)18-16(3-2-7-19-18)13-20-17(23)5-4-15-6-12-24-14-15/h2-7,12,14H,8-11,13H2,1H3,(H,20,23)/b5-4-. The van der Waals surface area contributed by atoms with Crippen molar-refractivity contribution in [2.75, 3.05) is 38.1 Å². The molecule has 0 saturated carbocycles. The molecular formula is C18H22N4OS. The zero-order valence-electron chi connectivity index (χ0n) is 13.8. The summed E-state index contributed by atoms with van der Waals surface area (Å²) in [5.41, 5.74) is 2.11. The van der Waals surface area contributed by atoms with E-state index in [1.807, 2.05) is 41.2 Å². The fraction of sp³-hybridized carbons (Fsp3) is 0.333. The predicted octanol–water partition coefficient (Wildman–Crippen LogP) is 2.22. The number of rotatable bonds is 5. The van der Waals surface area contributed by atoms with E-state index in [4.69, 9.17) is 0 Å². The van der Waals surface area contributed by atoms with Crippen molar-refractivity contribution < 1.29 is 4.79 Å². The summed E-state index contributed by atoms with van der Waals surface area (Å²) in [6, 6.07) is 5.94. The Labute approximate surface area is 146 Å². The van der Waals surface area contributed by atoms with Gasteiger partial charge in [-0.25, -0.2) is 4.98 Å². The summed E-state index contributed by atoms with van der Waals surface area (Å²) in [5, 5.41) is 6.96. The van der Waals surface area contributed by atoms with Crippen molar-refractivity contribution in [3.8, 4) is 0 Å². The largest absolute Gasteiger partial charge is 0.354 e. The van der Waals surface area contributed by atoms with Crippen LogP contribution in [0.3, 0.4) is 0 Å². The molecule has 1 N–H and O–H groups in total. The van der Waals surface area contributed by atoms with Crippen LogP contribution in [-0.2, 0) is 11.3 Å². The van der Waals surface area contributed by atoms with Crippen LogP contribution in [0.5, 0.6) is 0 Å². The third-order valence-corrected chi connectivity index (χ3v) is 4.80. The molecule has 0 radical (unpaired) electrons. The lowest BCUT2D eigenvalue weighted by atomic mass is 10.2. The highest BCUT2D eigenvalue weighted by Gasteiger charge is 2.17. The molecule has 0 bridgehead atoms. The molecule has 0 aliphatic carbocycles. The Morgan fingerprint density at radius 1 is 1.33 bits per heavy atom. The van der Waals surface area contributed by atoms with Gasteiger partial charge in [-0.3, -0.25) is 4.79 Å². The first-order valence-corrected chi connectivity index (χ1v) is 9.02. The average molecular weight is 342 g/mol. The van der Waals surface area contributed by atoms with Crippen molar-refractivity contribution in [3.05, 3.63) is 52.4 Å². The lowest BCUT2D eigenvalue weighted by Gasteiger charge is -2.34. The molecule has 2 aromatic rings. The van der Waals surface area contributed by atoms with Crippen LogP contribution in [0.1, 0.15) is 11.1 Å². The molecule has 1 fully saturated rings. The van der Waals surface area contributed by atoms with Crippen LogP contribution in [0.25, 0.3) is 6.08 Å². The number of piperazine rings is 1. The van der Waals surface area contributed by atoms with E-state index < -0.39 is 0 Å². The molecule has 0 aromatic carbocycles. The van der Waals surface area contributed by atoms with Gasteiger partial charge in [-0.15, -0.1) is 0 Å². The molecular weight excluding hydrogens is 320 g/mol. The summed E-state index contributed by atoms with van der Waals surface area (Å²) in [7, 11) is 2.14. The Kier molecular flexibility index (Phi) is 5.61. The molecule has 1 aliphatic heterocycles. The number of hydrogen-bond acceptors (Lipinski definition) is 5.